The molecular weight excluding hydrogens is 619 g/mol. The molecule has 0 saturated heterocycles. The molecule has 0 fully saturated rings. The van der Waals surface area contributed by atoms with Crippen molar-refractivity contribution >= 4 is 22.8 Å². The van der Waals surface area contributed by atoms with Gasteiger partial charge in [0.1, 0.15) is 12.0 Å². The molecule has 6 aromatic rings. The van der Waals surface area contributed by atoms with E-state index in [0.29, 0.717) is 0 Å². The molecular formula is C48H39N3. The van der Waals surface area contributed by atoms with Crippen molar-refractivity contribution in [1.29, 1.82) is 0 Å². The summed E-state index contributed by atoms with van der Waals surface area (Å²) in [4.78, 5) is 10.3. The molecule has 1 atom stereocenters. The molecule has 0 radical (unpaired) electrons. The van der Waals surface area contributed by atoms with Crippen molar-refractivity contribution in [1.82, 2.24) is 5.32 Å². The smallest absolute Gasteiger partial charge is 0.159 e. The average Bonchev–Trinajstić information content (AvgIpc) is 3.21. The Morgan fingerprint density at radius 3 is 1.75 bits per heavy atom. The van der Waals surface area contributed by atoms with Crippen LogP contribution in [-0.2, 0) is 0 Å². The number of rotatable bonds is 8. The first-order valence-electron chi connectivity index (χ1n) is 17.6. The Morgan fingerprint density at radius 2 is 1.14 bits per heavy atom. The second-order valence-corrected chi connectivity index (χ2v) is 13.1. The highest BCUT2D eigenvalue weighted by molar-refractivity contribution is 6.14. The number of hydrogen-bond acceptors (Lipinski definition) is 3. The molecule has 0 saturated carbocycles. The molecule has 246 valence electrons. The zero-order valence-corrected chi connectivity index (χ0v) is 28.8. The molecule has 0 amide bonds. The SMILES string of the molecule is C=CC1=C(c2cccc(C3=NC(c4ccccc4)NC(c4ccccc4)=N3)c2C)C=C(c2cc(-c3ccccc3)cc(-c3ccccc3)c2)CC1. The Balaban J connectivity index is 1.23. The molecule has 0 spiro atoms. The Morgan fingerprint density at radius 1 is 0.588 bits per heavy atom. The molecule has 0 aromatic heterocycles. The van der Waals surface area contributed by atoms with E-state index in [1.54, 1.807) is 0 Å². The highest BCUT2D eigenvalue weighted by Gasteiger charge is 2.24. The zero-order chi connectivity index (χ0) is 34.6. The predicted molar refractivity (Wildman–Crippen MR) is 215 cm³/mol. The van der Waals surface area contributed by atoms with E-state index in [2.05, 4.69) is 158 Å². The van der Waals surface area contributed by atoms with Gasteiger partial charge in [0.2, 0.25) is 0 Å². The lowest BCUT2D eigenvalue weighted by Crippen LogP contribution is -2.33. The fourth-order valence-corrected chi connectivity index (χ4v) is 7.13. The minimum atomic E-state index is -0.253. The number of benzene rings is 6. The van der Waals surface area contributed by atoms with Crippen LogP contribution in [0.4, 0.5) is 0 Å². The van der Waals surface area contributed by atoms with E-state index in [9.17, 15) is 0 Å². The lowest BCUT2D eigenvalue weighted by molar-refractivity contribution is 0.674. The average molecular weight is 658 g/mol. The molecule has 6 aromatic carbocycles. The van der Waals surface area contributed by atoms with Crippen molar-refractivity contribution in [2.45, 2.75) is 25.9 Å². The molecule has 1 heterocycles. The summed E-state index contributed by atoms with van der Waals surface area (Å²) in [6.45, 7) is 6.45. The summed E-state index contributed by atoms with van der Waals surface area (Å²) in [6, 6.07) is 55.5. The van der Waals surface area contributed by atoms with Crippen LogP contribution in [0.1, 0.15) is 52.4 Å². The fraction of sp³-hybridized carbons (Fsp3) is 0.0833. The number of nitrogens with zero attached hydrogens (tertiary/aromatic N) is 2. The second-order valence-electron chi connectivity index (χ2n) is 13.1. The van der Waals surface area contributed by atoms with Crippen LogP contribution in [0, 0.1) is 6.92 Å². The van der Waals surface area contributed by atoms with Crippen molar-refractivity contribution in [3.63, 3.8) is 0 Å². The molecule has 8 rings (SSSR count). The number of hydrogen-bond donors (Lipinski definition) is 1. The van der Waals surface area contributed by atoms with Gasteiger partial charge in [0.15, 0.2) is 5.84 Å². The van der Waals surface area contributed by atoms with Gasteiger partial charge in [-0.05, 0) is 99.2 Å². The van der Waals surface area contributed by atoms with Crippen molar-refractivity contribution in [2.75, 3.05) is 0 Å². The molecule has 3 heteroatoms. The van der Waals surface area contributed by atoms with E-state index in [1.165, 1.54) is 50.1 Å². The predicted octanol–water partition coefficient (Wildman–Crippen LogP) is 11.6. The van der Waals surface area contributed by atoms with Crippen molar-refractivity contribution in [3.05, 3.63) is 215 Å². The summed E-state index contributed by atoms with van der Waals surface area (Å²) in [7, 11) is 0. The van der Waals surface area contributed by atoms with Gasteiger partial charge in [-0.25, -0.2) is 9.98 Å². The topological polar surface area (TPSA) is 36.8 Å². The van der Waals surface area contributed by atoms with Gasteiger partial charge in [0.25, 0.3) is 0 Å². The molecule has 2 aliphatic rings. The molecule has 1 aliphatic heterocycles. The maximum Gasteiger partial charge on any atom is 0.159 e. The van der Waals surface area contributed by atoms with Crippen LogP contribution >= 0.6 is 0 Å². The first kappa shape index (κ1) is 31.9. The first-order chi connectivity index (χ1) is 25.1. The van der Waals surface area contributed by atoms with Gasteiger partial charge < -0.3 is 5.32 Å². The third-order valence-corrected chi connectivity index (χ3v) is 9.86. The Labute approximate surface area is 300 Å². The summed E-state index contributed by atoms with van der Waals surface area (Å²) in [6.07, 6.45) is 6.03. The third kappa shape index (κ3) is 6.67. The lowest BCUT2D eigenvalue weighted by atomic mass is 9.82. The highest BCUT2D eigenvalue weighted by Crippen LogP contribution is 2.40. The van der Waals surface area contributed by atoms with E-state index in [-0.39, 0.29) is 6.17 Å². The quantitative estimate of drug-likeness (QED) is 0.174. The Kier molecular flexibility index (Phi) is 8.93. The van der Waals surface area contributed by atoms with Gasteiger partial charge in [0.05, 0.1) is 0 Å². The third-order valence-electron chi connectivity index (χ3n) is 9.86. The molecule has 3 nitrogen and oxygen atoms in total. The maximum atomic E-state index is 5.19. The van der Waals surface area contributed by atoms with Crippen LogP contribution < -0.4 is 5.32 Å². The summed E-state index contributed by atoms with van der Waals surface area (Å²) < 4.78 is 0. The molecule has 0 bridgehead atoms. The molecule has 1 unspecified atom stereocenters. The van der Waals surface area contributed by atoms with Crippen molar-refractivity contribution in [2.24, 2.45) is 9.98 Å². The largest absolute Gasteiger partial charge is 0.344 e. The van der Waals surface area contributed by atoms with Gasteiger partial charge in [-0.2, -0.15) is 0 Å². The van der Waals surface area contributed by atoms with Crippen LogP contribution in [0.25, 0.3) is 33.4 Å². The number of allylic oxidation sites excluding steroid dienone is 5. The van der Waals surface area contributed by atoms with Crippen LogP contribution in [-0.4, -0.2) is 11.7 Å². The van der Waals surface area contributed by atoms with Gasteiger partial charge in [-0.15, -0.1) is 0 Å². The lowest BCUT2D eigenvalue weighted by Gasteiger charge is -2.25. The first-order valence-corrected chi connectivity index (χ1v) is 17.6. The highest BCUT2D eigenvalue weighted by atomic mass is 15.2. The number of aliphatic imine (C=N–C) groups is 2. The molecule has 1 N–H and O–H groups in total. The number of amidine groups is 2. The van der Waals surface area contributed by atoms with Gasteiger partial charge in [0, 0.05) is 11.1 Å². The van der Waals surface area contributed by atoms with Crippen LogP contribution in [0.5, 0.6) is 0 Å². The minimum absolute atomic E-state index is 0.253. The van der Waals surface area contributed by atoms with E-state index < -0.39 is 0 Å². The van der Waals surface area contributed by atoms with E-state index >= 15 is 0 Å². The van der Waals surface area contributed by atoms with E-state index in [0.717, 1.165) is 46.8 Å². The maximum absolute atomic E-state index is 5.19. The monoisotopic (exact) mass is 657 g/mol. The summed E-state index contributed by atoms with van der Waals surface area (Å²) in [5.41, 5.74) is 15.4. The van der Waals surface area contributed by atoms with Crippen LogP contribution in [0.15, 0.2) is 192 Å². The second kappa shape index (κ2) is 14.3. The van der Waals surface area contributed by atoms with Crippen molar-refractivity contribution < 1.29 is 0 Å². The van der Waals surface area contributed by atoms with Crippen molar-refractivity contribution in [3.8, 4) is 22.3 Å². The van der Waals surface area contributed by atoms with Gasteiger partial charge in [-0.1, -0.05) is 158 Å². The minimum Gasteiger partial charge on any atom is -0.344 e. The van der Waals surface area contributed by atoms with E-state index in [1.807, 2.05) is 30.3 Å². The van der Waals surface area contributed by atoms with Crippen LogP contribution in [0.3, 0.4) is 0 Å². The fourth-order valence-electron chi connectivity index (χ4n) is 7.13. The Bertz CT molecular complexity index is 2270. The van der Waals surface area contributed by atoms with E-state index in [4.69, 9.17) is 9.98 Å². The Hall–Kier alpha value is -6.32. The summed E-state index contributed by atoms with van der Waals surface area (Å²) in [5, 5.41) is 3.59. The number of nitrogens with one attached hydrogen (secondary N) is 1. The zero-order valence-electron chi connectivity index (χ0n) is 28.8. The standard InChI is InChI=1S/C48H39N3/c1-3-34-27-28-39(42-30-40(35-17-8-4-9-18-35)29-41(31-42)36-19-10-5-11-20-36)32-45(34)43-25-16-26-44(33(43)2)48-50-46(37-21-12-6-13-22-37)49-47(51-48)38-23-14-7-15-24-38/h3-26,29-32,46H,1,27-28H2,2H3,(H,49,50,51). The van der Waals surface area contributed by atoms with Crippen LogP contribution in [0.2, 0.25) is 0 Å². The summed E-state index contributed by atoms with van der Waals surface area (Å²) in [5.74, 6) is 1.54. The summed E-state index contributed by atoms with van der Waals surface area (Å²) >= 11 is 0. The van der Waals surface area contributed by atoms with Gasteiger partial charge in [-0.3, -0.25) is 0 Å². The van der Waals surface area contributed by atoms with Gasteiger partial charge >= 0.3 is 0 Å². The normalized spacial score (nSPS) is 15.7. The molecule has 51 heavy (non-hydrogen) atoms. The molecule has 1 aliphatic carbocycles.